The molecule has 5 aromatic rings. The van der Waals surface area contributed by atoms with Gasteiger partial charge in [-0.2, -0.15) is 8.78 Å². The monoisotopic (exact) mass is 410 g/mol. The van der Waals surface area contributed by atoms with Gasteiger partial charge >= 0.3 is 6.55 Å². The van der Waals surface area contributed by atoms with Crippen LogP contribution in [0.5, 0.6) is 0 Å². The lowest BCUT2D eigenvalue weighted by Crippen LogP contribution is -2.04. The van der Waals surface area contributed by atoms with Gasteiger partial charge in [-0.1, -0.05) is 42.1 Å². The number of halogens is 2. The van der Waals surface area contributed by atoms with Crippen LogP contribution in [-0.4, -0.2) is 29.3 Å². The van der Waals surface area contributed by atoms with Crippen LogP contribution in [0.3, 0.4) is 0 Å². The molecule has 3 aromatic heterocycles. The van der Waals surface area contributed by atoms with Crippen molar-refractivity contribution in [3.8, 4) is 0 Å². The summed E-state index contributed by atoms with van der Waals surface area (Å²) >= 11 is 1.25. The first-order chi connectivity index (χ1) is 14.2. The van der Waals surface area contributed by atoms with Gasteiger partial charge in [0.2, 0.25) is 5.16 Å². The molecule has 0 radical (unpaired) electrons. The van der Waals surface area contributed by atoms with E-state index in [-0.39, 0.29) is 11.6 Å². The van der Waals surface area contributed by atoms with Crippen LogP contribution in [0.25, 0.3) is 33.1 Å². The fourth-order valence-electron chi connectivity index (χ4n) is 3.61. The zero-order valence-corrected chi connectivity index (χ0v) is 16.3. The number of thioether (sulfide) groups is 1. The molecule has 0 saturated heterocycles. The molecule has 0 N–H and O–H groups in total. The Kier molecular flexibility index (Phi) is 4.39. The summed E-state index contributed by atoms with van der Waals surface area (Å²) in [6.07, 6.45) is 0. The summed E-state index contributed by atoms with van der Waals surface area (Å²) in [5, 5.41) is 10.0. The molecule has 29 heavy (non-hydrogen) atoms. The maximum absolute atomic E-state index is 13.6. The van der Waals surface area contributed by atoms with Gasteiger partial charge in [0, 0.05) is 11.9 Å². The van der Waals surface area contributed by atoms with Gasteiger partial charge in [0.15, 0.2) is 5.65 Å². The maximum Gasteiger partial charge on any atom is 0.320 e. The second-order valence-corrected chi connectivity index (χ2v) is 7.42. The van der Waals surface area contributed by atoms with Crippen molar-refractivity contribution in [1.29, 1.82) is 0 Å². The van der Waals surface area contributed by atoms with Crippen LogP contribution in [0.1, 0.15) is 19.3 Å². The molecule has 0 fully saturated rings. The van der Waals surface area contributed by atoms with Crippen LogP contribution in [0, 0.1) is 0 Å². The minimum Gasteiger partial charge on any atom is -0.324 e. The molecule has 0 aliphatic rings. The van der Waals surface area contributed by atoms with Crippen molar-refractivity contribution in [2.75, 3.05) is 0 Å². The third-order valence-corrected chi connectivity index (χ3v) is 5.70. The van der Waals surface area contributed by atoms with Crippen LogP contribution >= 0.6 is 11.8 Å². The molecule has 9 heteroatoms. The minimum absolute atomic E-state index is 0.221. The first-order valence-corrected chi connectivity index (χ1v) is 10.1. The molecule has 6 nitrogen and oxygen atoms in total. The SMILES string of the molecule is CCn1c2ccccc2c2nnc(SCc3nc4ccccc4n3C(F)F)nc21. The van der Waals surface area contributed by atoms with Crippen molar-refractivity contribution < 1.29 is 8.78 Å². The van der Waals surface area contributed by atoms with Gasteiger partial charge in [0.05, 0.1) is 22.3 Å². The normalized spacial score (nSPS) is 12.0. The molecule has 3 heterocycles. The molecule has 0 unspecified atom stereocenters. The van der Waals surface area contributed by atoms with E-state index in [2.05, 4.69) is 24.7 Å². The van der Waals surface area contributed by atoms with Crippen molar-refractivity contribution in [1.82, 2.24) is 29.3 Å². The maximum atomic E-state index is 13.6. The molecule has 5 rings (SSSR count). The third-order valence-electron chi connectivity index (χ3n) is 4.87. The zero-order valence-electron chi connectivity index (χ0n) is 15.5. The molecule has 0 saturated carbocycles. The number of fused-ring (bicyclic) bond motifs is 4. The summed E-state index contributed by atoms with van der Waals surface area (Å²) in [5.74, 6) is 0.504. The topological polar surface area (TPSA) is 61.4 Å². The first kappa shape index (κ1) is 18.0. The van der Waals surface area contributed by atoms with Crippen molar-refractivity contribution in [3.63, 3.8) is 0 Å². The summed E-state index contributed by atoms with van der Waals surface area (Å²) in [6.45, 7) is 0.127. The highest BCUT2D eigenvalue weighted by Gasteiger charge is 2.19. The van der Waals surface area contributed by atoms with E-state index in [1.165, 1.54) is 11.8 Å². The van der Waals surface area contributed by atoms with Gasteiger partial charge in [-0.05, 0) is 25.1 Å². The quantitative estimate of drug-likeness (QED) is 0.380. The third kappa shape index (κ3) is 2.93. The number of aryl methyl sites for hydroxylation is 1. The van der Waals surface area contributed by atoms with Crippen LogP contribution in [-0.2, 0) is 12.3 Å². The number of alkyl halides is 2. The van der Waals surface area contributed by atoms with E-state index >= 15 is 0 Å². The second-order valence-electron chi connectivity index (χ2n) is 6.48. The van der Waals surface area contributed by atoms with Crippen molar-refractivity contribution >= 4 is 44.9 Å². The van der Waals surface area contributed by atoms with Gasteiger partial charge in [-0.3, -0.25) is 4.57 Å². The number of hydrogen-bond acceptors (Lipinski definition) is 5. The fourth-order valence-corrected chi connectivity index (χ4v) is 4.32. The predicted molar refractivity (Wildman–Crippen MR) is 109 cm³/mol. The Morgan fingerprint density at radius 2 is 1.72 bits per heavy atom. The summed E-state index contributed by atoms with van der Waals surface area (Å²) in [4.78, 5) is 9.02. The van der Waals surface area contributed by atoms with Crippen molar-refractivity contribution in [2.45, 2.75) is 30.9 Å². The number of benzene rings is 2. The summed E-state index contributed by atoms with van der Waals surface area (Å²) in [7, 11) is 0. The summed E-state index contributed by atoms with van der Waals surface area (Å²) in [5.41, 5.74) is 3.50. The lowest BCUT2D eigenvalue weighted by Gasteiger charge is -2.07. The minimum atomic E-state index is -2.66. The Morgan fingerprint density at radius 3 is 2.52 bits per heavy atom. The highest BCUT2D eigenvalue weighted by atomic mass is 32.2. The Bertz CT molecular complexity index is 1340. The predicted octanol–water partition coefficient (Wildman–Crippen LogP) is 5.04. The summed E-state index contributed by atoms with van der Waals surface area (Å²) in [6, 6.07) is 14.8. The van der Waals surface area contributed by atoms with Crippen LogP contribution in [0.15, 0.2) is 53.7 Å². The highest BCUT2D eigenvalue weighted by molar-refractivity contribution is 7.98. The number of rotatable bonds is 5. The number of imidazole rings is 1. The van der Waals surface area contributed by atoms with Gasteiger partial charge in [-0.25, -0.2) is 9.97 Å². The largest absolute Gasteiger partial charge is 0.324 e. The molecule has 0 aliphatic carbocycles. The lowest BCUT2D eigenvalue weighted by molar-refractivity contribution is 0.0722. The van der Waals surface area contributed by atoms with Gasteiger partial charge in [0.25, 0.3) is 0 Å². The molecular formula is C20H16F2N6S. The Hall–Kier alpha value is -3.07. The average Bonchev–Trinajstić information content (AvgIpc) is 3.27. The standard InChI is InChI=1S/C20H16F2N6S/c1-2-27-14-9-5-3-7-12(14)17-18(27)24-20(26-25-17)29-11-16-23-13-8-4-6-10-15(13)28(16)19(21)22/h3-10,19H,2,11H2,1H3. The molecule has 146 valence electrons. The van der Waals surface area contributed by atoms with E-state index in [0.29, 0.717) is 16.2 Å². The van der Waals surface area contributed by atoms with E-state index in [1.807, 2.05) is 31.2 Å². The smallest absolute Gasteiger partial charge is 0.320 e. The second kappa shape index (κ2) is 7.07. The van der Waals surface area contributed by atoms with E-state index < -0.39 is 6.55 Å². The van der Waals surface area contributed by atoms with Gasteiger partial charge in [-0.15, -0.1) is 10.2 Å². The van der Waals surface area contributed by atoms with Crippen LogP contribution in [0.2, 0.25) is 0 Å². The lowest BCUT2D eigenvalue weighted by atomic mass is 10.2. The van der Waals surface area contributed by atoms with E-state index in [0.717, 1.165) is 33.2 Å². The van der Waals surface area contributed by atoms with E-state index in [4.69, 9.17) is 0 Å². The Morgan fingerprint density at radius 1 is 0.966 bits per heavy atom. The molecular weight excluding hydrogens is 394 g/mol. The number of para-hydroxylation sites is 3. The van der Waals surface area contributed by atoms with E-state index in [1.54, 1.807) is 24.3 Å². The number of nitrogens with zero attached hydrogens (tertiary/aromatic N) is 6. The number of hydrogen-bond donors (Lipinski definition) is 0. The van der Waals surface area contributed by atoms with E-state index in [9.17, 15) is 8.78 Å². The van der Waals surface area contributed by atoms with Gasteiger partial charge in [0.1, 0.15) is 11.3 Å². The first-order valence-electron chi connectivity index (χ1n) is 9.16. The molecule has 0 atom stereocenters. The van der Waals surface area contributed by atoms with Crippen molar-refractivity contribution in [3.05, 3.63) is 54.4 Å². The van der Waals surface area contributed by atoms with Crippen LogP contribution in [0.4, 0.5) is 8.78 Å². The molecule has 2 aromatic carbocycles. The number of aromatic nitrogens is 6. The Labute approximate surface area is 168 Å². The van der Waals surface area contributed by atoms with Gasteiger partial charge < -0.3 is 4.57 Å². The summed E-state index contributed by atoms with van der Waals surface area (Å²) < 4.78 is 30.3. The Balaban J connectivity index is 1.52. The molecule has 0 aliphatic heterocycles. The molecule has 0 bridgehead atoms. The van der Waals surface area contributed by atoms with Crippen LogP contribution < -0.4 is 0 Å². The zero-order chi connectivity index (χ0) is 20.0. The molecule has 0 spiro atoms. The average molecular weight is 410 g/mol. The fraction of sp³-hybridized carbons (Fsp3) is 0.200. The molecule has 0 amide bonds. The highest BCUT2D eigenvalue weighted by Crippen LogP contribution is 2.29. The van der Waals surface area contributed by atoms with Crippen molar-refractivity contribution in [2.24, 2.45) is 0 Å².